The zero-order valence-electron chi connectivity index (χ0n) is 41.9. The van der Waals surface area contributed by atoms with E-state index in [1.54, 1.807) is 12.2 Å². The Labute approximate surface area is 423 Å². The van der Waals surface area contributed by atoms with E-state index in [0.717, 1.165) is 53.5 Å². The molecule has 10 nitrogen and oxygen atoms in total. The number of carbonyl (C=O) groups excluding carboxylic acids is 1. The quantitative estimate of drug-likeness (QED) is 0.0278. The molecule has 0 radical (unpaired) electrons. The third-order valence-electron chi connectivity index (χ3n) is 13.0. The summed E-state index contributed by atoms with van der Waals surface area (Å²) in [5.74, 6) is 0. The van der Waals surface area contributed by atoms with E-state index in [2.05, 4.69) is 12.2 Å². The van der Waals surface area contributed by atoms with Crippen LogP contribution in [0.15, 0.2) is 164 Å². The van der Waals surface area contributed by atoms with Crippen LogP contribution in [0.25, 0.3) is 0 Å². The van der Waals surface area contributed by atoms with Crippen molar-refractivity contribution in [3.05, 3.63) is 192 Å². The highest BCUT2D eigenvalue weighted by Gasteiger charge is 2.48. The molecule has 4 unspecified atom stereocenters. The minimum atomic E-state index is -1.35. The molecule has 0 spiro atoms. The van der Waals surface area contributed by atoms with Crippen molar-refractivity contribution in [3.63, 3.8) is 0 Å². The maximum Gasteiger partial charge on any atom is 0.408 e. The van der Waals surface area contributed by atoms with E-state index >= 15 is 0 Å². The van der Waals surface area contributed by atoms with Crippen LogP contribution < -0.4 is 5.32 Å². The molecule has 6 rings (SSSR count). The first-order chi connectivity index (χ1) is 35.0. The molecular weight excluding hydrogens is 891 g/mol. The molecular formula is C61H79NO9. The van der Waals surface area contributed by atoms with Crippen LogP contribution in [0.3, 0.4) is 0 Å². The summed E-state index contributed by atoms with van der Waals surface area (Å²) >= 11 is 0. The fourth-order valence-electron chi connectivity index (χ4n) is 8.96. The van der Waals surface area contributed by atoms with Gasteiger partial charge in [-0.3, -0.25) is 0 Å². The first-order valence-electron chi connectivity index (χ1n) is 26.2. The van der Waals surface area contributed by atoms with E-state index in [4.69, 9.17) is 28.4 Å². The number of hydrogen-bond acceptors (Lipinski definition) is 9. The second-order valence-corrected chi connectivity index (χ2v) is 18.8. The molecule has 8 atom stereocenters. The van der Waals surface area contributed by atoms with E-state index in [-0.39, 0.29) is 26.4 Å². The first kappa shape index (κ1) is 55.1. The minimum Gasteiger partial charge on any atom is -0.445 e. The Bertz CT molecular complexity index is 2150. The average Bonchev–Trinajstić information content (AvgIpc) is 3.41. The van der Waals surface area contributed by atoms with Crippen molar-refractivity contribution in [1.82, 2.24) is 5.32 Å². The topological polar surface area (TPSA) is 125 Å². The van der Waals surface area contributed by atoms with Gasteiger partial charge in [0.05, 0.1) is 45.2 Å². The smallest absolute Gasteiger partial charge is 0.408 e. The van der Waals surface area contributed by atoms with Crippen molar-refractivity contribution >= 4 is 6.09 Å². The van der Waals surface area contributed by atoms with Gasteiger partial charge in [0.25, 0.3) is 0 Å². The monoisotopic (exact) mass is 970 g/mol. The van der Waals surface area contributed by atoms with Crippen LogP contribution in [0.4, 0.5) is 4.79 Å². The Morgan fingerprint density at radius 3 is 1.42 bits per heavy atom. The lowest BCUT2D eigenvalue weighted by atomic mass is 9.92. The fraction of sp³-hybridized carbons (Fsp3) is 0.459. The second-order valence-electron chi connectivity index (χ2n) is 18.8. The summed E-state index contributed by atoms with van der Waals surface area (Å²) in [6, 6.07) is 48.2. The predicted molar refractivity (Wildman–Crippen MR) is 280 cm³/mol. The number of ether oxygens (including phenoxy) is 6. The number of aliphatic hydroxyl groups is 2. The number of carbonyl (C=O) groups is 1. The Hall–Kier alpha value is -5.17. The van der Waals surface area contributed by atoms with E-state index < -0.39 is 54.9 Å². The Kier molecular flexibility index (Phi) is 25.4. The van der Waals surface area contributed by atoms with Gasteiger partial charge in [-0.1, -0.05) is 248 Å². The number of rotatable bonds is 33. The van der Waals surface area contributed by atoms with Crippen LogP contribution in [0, 0.1) is 0 Å². The number of nitrogens with one attached hydrogen (secondary N) is 1. The number of benzene rings is 5. The van der Waals surface area contributed by atoms with Crippen molar-refractivity contribution in [3.8, 4) is 0 Å². The zero-order valence-corrected chi connectivity index (χ0v) is 41.9. The van der Waals surface area contributed by atoms with Crippen LogP contribution in [0.2, 0.25) is 0 Å². The molecule has 1 aliphatic heterocycles. The van der Waals surface area contributed by atoms with Crippen LogP contribution in [0.5, 0.6) is 0 Å². The normalized spacial score (nSPS) is 19.3. The van der Waals surface area contributed by atoms with Gasteiger partial charge in [-0.05, 0) is 34.2 Å². The van der Waals surface area contributed by atoms with E-state index in [1.165, 1.54) is 51.4 Å². The van der Waals surface area contributed by atoms with Crippen molar-refractivity contribution in [2.45, 2.75) is 172 Å². The summed E-state index contributed by atoms with van der Waals surface area (Å²) in [7, 11) is 0. The number of aliphatic hydroxyl groups excluding tert-OH is 2. The molecule has 1 saturated heterocycles. The van der Waals surface area contributed by atoms with Gasteiger partial charge >= 0.3 is 6.09 Å². The van der Waals surface area contributed by atoms with Crippen molar-refractivity contribution in [2.75, 3.05) is 6.61 Å². The van der Waals surface area contributed by atoms with Crippen molar-refractivity contribution < 1.29 is 43.4 Å². The lowest BCUT2D eigenvalue weighted by molar-refractivity contribution is -0.263. The predicted octanol–water partition coefficient (Wildman–Crippen LogP) is 12.4. The van der Waals surface area contributed by atoms with Crippen LogP contribution in [-0.4, -0.2) is 71.7 Å². The maximum atomic E-state index is 13.5. The number of unbranched alkanes of at least 4 members (excludes halogenated alkanes) is 11. The zero-order chi connectivity index (χ0) is 49.6. The van der Waals surface area contributed by atoms with Gasteiger partial charge in [0.1, 0.15) is 43.2 Å². The van der Waals surface area contributed by atoms with Crippen LogP contribution in [-0.2, 0) is 61.5 Å². The summed E-state index contributed by atoms with van der Waals surface area (Å²) in [4.78, 5) is 13.5. The molecule has 3 N–H and O–H groups in total. The van der Waals surface area contributed by atoms with Crippen LogP contribution >= 0.6 is 0 Å². The molecule has 0 saturated carbocycles. The molecule has 10 heteroatoms. The van der Waals surface area contributed by atoms with Gasteiger partial charge in [0, 0.05) is 0 Å². The highest BCUT2D eigenvalue weighted by atomic mass is 16.6. The van der Waals surface area contributed by atoms with E-state index in [0.29, 0.717) is 19.6 Å². The number of amides is 1. The molecule has 5 aromatic rings. The molecule has 5 aromatic carbocycles. The lowest BCUT2D eigenvalue weighted by Crippen LogP contribution is -2.60. The molecule has 1 amide bonds. The van der Waals surface area contributed by atoms with E-state index in [1.807, 2.05) is 152 Å². The average molecular weight is 970 g/mol. The fourth-order valence-corrected chi connectivity index (χ4v) is 8.96. The molecule has 0 aromatic heterocycles. The summed E-state index contributed by atoms with van der Waals surface area (Å²) in [5.41, 5.74) is 4.78. The van der Waals surface area contributed by atoms with Gasteiger partial charge < -0.3 is 44.0 Å². The lowest BCUT2D eigenvalue weighted by Gasteiger charge is -2.45. The third-order valence-corrected chi connectivity index (χ3v) is 13.0. The Morgan fingerprint density at radius 1 is 0.535 bits per heavy atom. The minimum absolute atomic E-state index is 0.0389. The SMILES string of the molecule is CCCCCCCCCCCCCCC(O)C(O)C(C=CC1O[C@H](COCc2ccccc2)[C@H](OCc2ccccc2)[C@H](OCc2ccccc2)[C@H]1OCc1ccccc1)NC(=O)OCc1ccccc1. The molecule has 0 bridgehead atoms. The van der Waals surface area contributed by atoms with Gasteiger partial charge in [-0.2, -0.15) is 0 Å². The first-order valence-corrected chi connectivity index (χ1v) is 26.2. The van der Waals surface area contributed by atoms with Gasteiger partial charge in [0.2, 0.25) is 0 Å². The van der Waals surface area contributed by atoms with Crippen LogP contribution in [0.1, 0.15) is 118 Å². The van der Waals surface area contributed by atoms with Crippen molar-refractivity contribution in [1.29, 1.82) is 0 Å². The standard InChI is InChI=1S/C61H79NO9/c1-2-3-4-5-6-7-8-9-10-11-12-28-39-54(63)57(64)53(62-61(65)70-46-52-37-26-17-27-38-52)40-41-55-58(67-43-49-31-20-14-21-32-49)60(69-45-51-35-24-16-25-36-51)59(68-44-50-33-22-15-23-34-50)56(71-55)47-66-42-48-29-18-13-19-30-48/h13-27,29-38,40-41,53-60,63-64H,2-12,28,39,42-47H2,1H3,(H,62,65)/t53?,54?,55?,56-,57?,58+,59+,60-/m1/s1. The molecule has 382 valence electrons. The van der Waals surface area contributed by atoms with E-state index in [9.17, 15) is 15.0 Å². The third kappa shape index (κ3) is 20.5. The highest BCUT2D eigenvalue weighted by Crippen LogP contribution is 2.32. The number of hydrogen-bond donors (Lipinski definition) is 3. The largest absolute Gasteiger partial charge is 0.445 e. The van der Waals surface area contributed by atoms with Gasteiger partial charge in [0.15, 0.2) is 0 Å². The second kappa shape index (κ2) is 32.7. The molecule has 0 aliphatic carbocycles. The van der Waals surface area contributed by atoms with Crippen molar-refractivity contribution in [2.24, 2.45) is 0 Å². The van der Waals surface area contributed by atoms with Gasteiger partial charge in [-0.25, -0.2) is 4.79 Å². The van der Waals surface area contributed by atoms with Gasteiger partial charge in [-0.15, -0.1) is 0 Å². The Morgan fingerprint density at radius 2 is 0.944 bits per heavy atom. The summed E-state index contributed by atoms with van der Waals surface area (Å²) < 4.78 is 39.7. The maximum absolute atomic E-state index is 13.5. The summed E-state index contributed by atoms with van der Waals surface area (Å²) in [6.07, 6.45) is 11.5. The molecule has 1 heterocycles. The Balaban J connectivity index is 1.24. The number of alkyl carbamates (subject to hydrolysis) is 1. The summed E-state index contributed by atoms with van der Waals surface area (Å²) in [5, 5.41) is 26.3. The molecule has 1 fully saturated rings. The summed E-state index contributed by atoms with van der Waals surface area (Å²) in [6.45, 7) is 3.63. The highest BCUT2D eigenvalue weighted by molar-refractivity contribution is 5.68. The molecule has 1 aliphatic rings. The molecule has 71 heavy (non-hydrogen) atoms.